The number of likely N-dealkylation sites (N-methyl/N-ethyl adjacent to an activating group) is 1. The van der Waals surface area contributed by atoms with Gasteiger partial charge in [-0.15, -0.1) is 10.2 Å². The van der Waals surface area contributed by atoms with Gasteiger partial charge >= 0.3 is 0 Å². The summed E-state index contributed by atoms with van der Waals surface area (Å²) in [5.74, 6) is 0.486. The van der Waals surface area contributed by atoms with E-state index in [-0.39, 0.29) is 6.61 Å². The van der Waals surface area contributed by atoms with Crippen LogP contribution >= 0.6 is 0 Å². The highest BCUT2D eigenvalue weighted by molar-refractivity contribution is 5.79. The predicted molar refractivity (Wildman–Crippen MR) is 120 cm³/mol. The van der Waals surface area contributed by atoms with Gasteiger partial charge < -0.3 is 19.8 Å². The number of benzene rings is 2. The summed E-state index contributed by atoms with van der Waals surface area (Å²) in [6, 6.07) is 16.4. The van der Waals surface area contributed by atoms with E-state index in [1.807, 2.05) is 59.5 Å². The number of aromatic nitrogens is 3. The molecule has 0 fully saturated rings. The molecule has 0 spiro atoms. The summed E-state index contributed by atoms with van der Waals surface area (Å²) in [5, 5.41) is 18.0. The largest absolute Gasteiger partial charge is 0.395 e. The van der Waals surface area contributed by atoms with E-state index in [0.29, 0.717) is 12.5 Å². The van der Waals surface area contributed by atoms with Crippen molar-refractivity contribution in [3.63, 3.8) is 0 Å². The lowest BCUT2D eigenvalue weighted by atomic mass is 10.0. The molecule has 0 radical (unpaired) electrons. The molecule has 7 heteroatoms. The van der Waals surface area contributed by atoms with Crippen LogP contribution in [0.5, 0.6) is 0 Å². The van der Waals surface area contributed by atoms with Crippen LogP contribution in [0.4, 0.5) is 17.3 Å². The topological polar surface area (TPSA) is 68.6 Å². The first-order valence-corrected chi connectivity index (χ1v) is 9.53. The Bertz CT molecular complexity index is 939. The van der Waals surface area contributed by atoms with Gasteiger partial charge in [0.1, 0.15) is 11.4 Å². The zero-order valence-electron chi connectivity index (χ0n) is 17.7. The van der Waals surface area contributed by atoms with Crippen molar-refractivity contribution in [3.8, 4) is 22.5 Å². The fraction of sp³-hybridized carbons (Fsp3) is 0.318. The van der Waals surface area contributed by atoms with E-state index < -0.39 is 0 Å². The SMILES string of the molecule is CN(C)c1ccc(-c2nnc(N(C)CCO)nc2-c2ccc(N(C)C)cc2)cc1. The summed E-state index contributed by atoms with van der Waals surface area (Å²) < 4.78 is 0. The van der Waals surface area contributed by atoms with Crippen molar-refractivity contribution in [1.82, 2.24) is 15.2 Å². The Balaban J connectivity index is 2.09. The molecule has 1 N–H and O–H groups in total. The smallest absolute Gasteiger partial charge is 0.245 e. The zero-order chi connectivity index (χ0) is 21.0. The third-order valence-electron chi connectivity index (χ3n) is 4.77. The number of anilines is 3. The lowest BCUT2D eigenvalue weighted by molar-refractivity contribution is 0.303. The Kier molecular flexibility index (Phi) is 6.29. The number of aliphatic hydroxyl groups is 1. The summed E-state index contributed by atoms with van der Waals surface area (Å²) in [5.41, 5.74) is 5.65. The van der Waals surface area contributed by atoms with Gasteiger partial charge in [0.2, 0.25) is 5.95 Å². The number of hydrogen-bond donors (Lipinski definition) is 1. The monoisotopic (exact) mass is 392 g/mol. The highest BCUT2D eigenvalue weighted by Gasteiger charge is 2.16. The second kappa shape index (κ2) is 8.87. The molecule has 7 nitrogen and oxygen atoms in total. The van der Waals surface area contributed by atoms with Crippen LogP contribution in [0.25, 0.3) is 22.5 Å². The molecule has 152 valence electrons. The van der Waals surface area contributed by atoms with Crippen LogP contribution < -0.4 is 14.7 Å². The molecular weight excluding hydrogens is 364 g/mol. The molecule has 1 aromatic heterocycles. The van der Waals surface area contributed by atoms with Gasteiger partial charge in [0, 0.05) is 64.3 Å². The lowest BCUT2D eigenvalue weighted by Crippen LogP contribution is -2.24. The minimum Gasteiger partial charge on any atom is -0.395 e. The van der Waals surface area contributed by atoms with Crippen LogP contribution in [0.2, 0.25) is 0 Å². The maximum Gasteiger partial charge on any atom is 0.245 e. The average Bonchev–Trinajstić information content (AvgIpc) is 2.73. The van der Waals surface area contributed by atoms with Gasteiger partial charge in [0.25, 0.3) is 0 Å². The van der Waals surface area contributed by atoms with Crippen LogP contribution in [0, 0.1) is 0 Å². The number of nitrogens with zero attached hydrogens (tertiary/aromatic N) is 6. The van der Waals surface area contributed by atoms with Gasteiger partial charge in [0.05, 0.1) is 6.61 Å². The van der Waals surface area contributed by atoms with E-state index >= 15 is 0 Å². The van der Waals surface area contributed by atoms with E-state index in [2.05, 4.69) is 44.3 Å². The second-order valence-electron chi connectivity index (χ2n) is 7.34. The summed E-state index contributed by atoms with van der Waals surface area (Å²) in [6.07, 6.45) is 0. The molecule has 0 aliphatic heterocycles. The minimum absolute atomic E-state index is 0.0282. The van der Waals surface area contributed by atoms with E-state index in [4.69, 9.17) is 4.98 Å². The molecule has 0 saturated heterocycles. The van der Waals surface area contributed by atoms with E-state index in [1.54, 1.807) is 4.90 Å². The Morgan fingerprint density at radius 3 is 1.62 bits per heavy atom. The van der Waals surface area contributed by atoms with Crippen LogP contribution in [-0.4, -0.2) is 68.7 Å². The van der Waals surface area contributed by atoms with Crippen LogP contribution in [-0.2, 0) is 0 Å². The number of rotatable bonds is 7. The quantitative estimate of drug-likeness (QED) is 0.663. The van der Waals surface area contributed by atoms with Crippen molar-refractivity contribution in [2.24, 2.45) is 0 Å². The first-order valence-electron chi connectivity index (χ1n) is 9.53. The highest BCUT2D eigenvalue weighted by Crippen LogP contribution is 2.31. The summed E-state index contributed by atoms with van der Waals surface area (Å²) in [4.78, 5) is 10.7. The molecule has 0 amide bonds. The zero-order valence-corrected chi connectivity index (χ0v) is 17.7. The van der Waals surface area contributed by atoms with E-state index in [1.165, 1.54) is 0 Å². The third-order valence-corrected chi connectivity index (χ3v) is 4.77. The van der Waals surface area contributed by atoms with Crippen molar-refractivity contribution in [1.29, 1.82) is 0 Å². The summed E-state index contributed by atoms with van der Waals surface area (Å²) in [7, 11) is 9.90. The number of hydrogen-bond acceptors (Lipinski definition) is 7. The number of aliphatic hydroxyl groups excluding tert-OH is 1. The fourth-order valence-corrected chi connectivity index (χ4v) is 2.96. The summed E-state index contributed by atoms with van der Waals surface area (Å²) in [6.45, 7) is 0.470. The molecule has 0 unspecified atom stereocenters. The molecule has 29 heavy (non-hydrogen) atoms. The lowest BCUT2D eigenvalue weighted by Gasteiger charge is -2.18. The molecule has 0 saturated carbocycles. The van der Waals surface area contributed by atoms with Crippen molar-refractivity contribution in [3.05, 3.63) is 48.5 Å². The van der Waals surface area contributed by atoms with Crippen LogP contribution in [0.15, 0.2) is 48.5 Å². The Hall–Kier alpha value is -3.19. The Morgan fingerprint density at radius 1 is 0.690 bits per heavy atom. The highest BCUT2D eigenvalue weighted by atomic mass is 16.3. The maximum absolute atomic E-state index is 9.24. The molecule has 0 aliphatic rings. The van der Waals surface area contributed by atoms with Crippen LogP contribution in [0.3, 0.4) is 0 Å². The first kappa shape index (κ1) is 20.5. The van der Waals surface area contributed by atoms with E-state index in [0.717, 1.165) is 33.9 Å². The molecule has 0 aliphatic carbocycles. The molecule has 0 atom stereocenters. The normalized spacial score (nSPS) is 10.7. The Labute approximate surface area is 172 Å². The molecule has 0 bridgehead atoms. The average molecular weight is 393 g/mol. The van der Waals surface area contributed by atoms with Gasteiger partial charge in [-0.25, -0.2) is 4.98 Å². The van der Waals surface area contributed by atoms with E-state index in [9.17, 15) is 5.11 Å². The first-order chi connectivity index (χ1) is 13.9. The molecule has 1 heterocycles. The Morgan fingerprint density at radius 2 is 1.17 bits per heavy atom. The fourth-order valence-electron chi connectivity index (χ4n) is 2.96. The minimum atomic E-state index is 0.0282. The van der Waals surface area contributed by atoms with Crippen molar-refractivity contribution >= 4 is 17.3 Å². The second-order valence-corrected chi connectivity index (χ2v) is 7.34. The molecule has 3 aromatic rings. The van der Waals surface area contributed by atoms with Gasteiger partial charge in [-0.05, 0) is 24.3 Å². The van der Waals surface area contributed by atoms with Gasteiger partial charge in [-0.3, -0.25) is 0 Å². The van der Waals surface area contributed by atoms with Gasteiger partial charge in [-0.2, -0.15) is 0 Å². The van der Waals surface area contributed by atoms with Gasteiger partial charge in [0.15, 0.2) is 0 Å². The third kappa shape index (κ3) is 4.63. The maximum atomic E-state index is 9.24. The molecule has 2 aromatic carbocycles. The van der Waals surface area contributed by atoms with Crippen molar-refractivity contribution in [2.45, 2.75) is 0 Å². The van der Waals surface area contributed by atoms with Gasteiger partial charge in [-0.1, -0.05) is 24.3 Å². The predicted octanol–water partition coefficient (Wildman–Crippen LogP) is 2.77. The summed E-state index contributed by atoms with van der Waals surface area (Å²) >= 11 is 0. The van der Waals surface area contributed by atoms with Crippen LogP contribution in [0.1, 0.15) is 0 Å². The molecule has 3 rings (SSSR count). The molecular formula is C22H28N6O. The van der Waals surface area contributed by atoms with Crippen molar-refractivity contribution < 1.29 is 5.11 Å². The standard InChI is InChI=1S/C22H28N6O/c1-26(2)18-10-6-16(7-11-18)20-21(17-8-12-19(13-9-17)27(3)4)24-25-22(23-20)28(5)14-15-29/h6-13,29H,14-15H2,1-5H3. The van der Waals surface area contributed by atoms with Crippen molar-refractivity contribution in [2.75, 3.05) is 63.1 Å².